The van der Waals surface area contributed by atoms with Gasteiger partial charge in [0.2, 0.25) is 0 Å². The molecule has 2 aromatic heterocycles. The fraction of sp³-hybridized carbons (Fsp3) is 0.241. The number of benzene rings is 6. The average molecular weight is 913 g/mol. The highest BCUT2D eigenvalue weighted by Gasteiger charge is 2.20. The fourth-order valence-corrected chi connectivity index (χ4v) is 8.31. The maximum Gasteiger partial charge on any atom is 0.373 e. The van der Waals surface area contributed by atoms with Gasteiger partial charge in [0.25, 0.3) is 0 Å². The van der Waals surface area contributed by atoms with E-state index in [-0.39, 0.29) is 28.9 Å². The summed E-state index contributed by atoms with van der Waals surface area (Å²) in [7, 11) is 1.00. The zero-order valence-electron chi connectivity index (χ0n) is 40.5. The number of fused-ring (bicyclic) bond motifs is 2. The Hall–Kier alpha value is -7.74. The summed E-state index contributed by atoms with van der Waals surface area (Å²) in [5.74, 6) is -0.790. The van der Waals surface area contributed by atoms with Crippen molar-refractivity contribution < 1.29 is 39.0 Å². The minimum absolute atomic E-state index is 0.0885. The Morgan fingerprint density at radius 2 is 0.838 bits per heavy atom. The second-order valence-electron chi connectivity index (χ2n) is 18.3. The number of rotatable bonds is 8. The number of aliphatic hydroxyl groups is 1. The molecular weight excluding hydrogens is 853 g/mol. The van der Waals surface area contributed by atoms with E-state index in [4.69, 9.17) is 24.3 Å². The van der Waals surface area contributed by atoms with Crippen molar-refractivity contribution in [2.75, 3.05) is 7.11 Å². The van der Waals surface area contributed by atoms with E-state index < -0.39 is 5.97 Å². The number of hydrogen-bond donors (Lipinski definition) is 2. The molecule has 0 saturated carbocycles. The summed E-state index contributed by atoms with van der Waals surface area (Å²) in [6.45, 7) is 20.9. The summed E-state index contributed by atoms with van der Waals surface area (Å²) in [5, 5.41) is 18.3. The SMILES string of the molecule is CC(=O)c1ccc2c(c1)cc(C)n2Cc1ccc(-c2ccccc2C(C)(C)C)cc1.CO.Cc1cc2cc(C(=O)O)ccc2n1Cc1ccc(-c2ccccc2C(C)(C)C)cc1.O=C=O.O=C=O. The first kappa shape index (κ1) is 52.9. The molecule has 8 rings (SSSR count). The molecule has 8 aromatic rings. The van der Waals surface area contributed by atoms with Crippen LogP contribution in [0.4, 0.5) is 0 Å². The molecule has 0 aliphatic heterocycles. The van der Waals surface area contributed by atoms with Crippen LogP contribution in [0.15, 0.2) is 146 Å². The van der Waals surface area contributed by atoms with Crippen molar-refractivity contribution in [2.45, 2.75) is 86.2 Å². The predicted octanol–water partition coefficient (Wildman–Crippen LogP) is 12.3. The monoisotopic (exact) mass is 912 g/mol. The van der Waals surface area contributed by atoms with Crippen molar-refractivity contribution in [3.63, 3.8) is 0 Å². The van der Waals surface area contributed by atoms with Crippen LogP contribution in [0.1, 0.15) is 103 Å². The first-order valence-electron chi connectivity index (χ1n) is 22.1. The molecule has 6 aromatic carbocycles. The molecule has 68 heavy (non-hydrogen) atoms. The van der Waals surface area contributed by atoms with Gasteiger partial charge in [0, 0.05) is 59.0 Å². The predicted molar refractivity (Wildman–Crippen MR) is 268 cm³/mol. The average Bonchev–Trinajstić information content (AvgIpc) is 3.80. The molecule has 0 fully saturated rings. The fourth-order valence-electron chi connectivity index (χ4n) is 8.31. The molecule has 0 aliphatic carbocycles. The molecule has 350 valence electrons. The zero-order valence-corrected chi connectivity index (χ0v) is 40.5. The molecule has 10 heteroatoms. The van der Waals surface area contributed by atoms with Crippen LogP contribution < -0.4 is 0 Å². The number of Topliss-reactive ketones (excluding diaryl/α,β-unsaturated/α-hetero) is 1. The quantitative estimate of drug-likeness (QED) is 0.143. The van der Waals surface area contributed by atoms with Crippen LogP contribution in [0.5, 0.6) is 0 Å². The molecule has 0 bridgehead atoms. The van der Waals surface area contributed by atoms with Gasteiger partial charge in [0.15, 0.2) is 5.78 Å². The number of hydrogen-bond acceptors (Lipinski definition) is 7. The van der Waals surface area contributed by atoms with Gasteiger partial charge < -0.3 is 19.3 Å². The van der Waals surface area contributed by atoms with Crippen LogP contribution in [0.25, 0.3) is 44.1 Å². The van der Waals surface area contributed by atoms with E-state index in [0.29, 0.717) is 5.56 Å². The first-order valence-corrected chi connectivity index (χ1v) is 22.1. The third kappa shape index (κ3) is 13.2. The number of ketones is 1. The Morgan fingerprint density at radius 3 is 1.18 bits per heavy atom. The molecule has 10 nitrogen and oxygen atoms in total. The van der Waals surface area contributed by atoms with Gasteiger partial charge in [0.05, 0.1) is 5.56 Å². The highest BCUT2D eigenvalue weighted by Crippen LogP contribution is 2.35. The van der Waals surface area contributed by atoms with Gasteiger partial charge in [0.1, 0.15) is 0 Å². The molecule has 0 amide bonds. The van der Waals surface area contributed by atoms with E-state index in [1.165, 1.54) is 55.7 Å². The van der Waals surface area contributed by atoms with E-state index in [1.807, 2.05) is 18.2 Å². The summed E-state index contributed by atoms with van der Waals surface area (Å²) >= 11 is 0. The maximum atomic E-state index is 11.7. The van der Waals surface area contributed by atoms with Crippen molar-refractivity contribution in [3.8, 4) is 22.3 Å². The molecule has 0 atom stereocenters. The minimum atomic E-state index is -0.895. The number of carboxylic acid groups (broad SMARTS) is 1. The highest BCUT2D eigenvalue weighted by atomic mass is 16.4. The molecule has 0 radical (unpaired) electrons. The molecule has 0 unspecified atom stereocenters. The lowest BCUT2D eigenvalue weighted by Gasteiger charge is -2.23. The second kappa shape index (κ2) is 23.6. The number of carbonyl (C=O) groups excluding carboxylic acids is 5. The van der Waals surface area contributed by atoms with Gasteiger partial charge in [-0.25, -0.2) is 4.79 Å². The smallest absolute Gasteiger partial charge is 0.373 e. The van der Waals surface area contributed by atoms with Gasteiger partial charge in [-0.2, -0.15) is 19.2 Å². The third-order valence-electron chi connectivity index (χ3n) is 11.6. The summed E-state index contributed by atoms with van der Waals surface area (Å²) in [4.78, 5) is 55.5. The van der Waals surface area contributed by atoms with E-state index >= 15 is 0 Å². The van der Waals surface area contributed by atoms with E-state index in [1.54, 1.807) is 19.1 Å². The van der Waals surface area contributed by atoms with Crippen molar-refractivity contribution in [3.05, 3.63) is 190 Å². The Bertz CT molecular complexity index is 2850. The highest BCUT2D eigenvalue weighted by molar-refractivity contribution is 5.98. The number of aryl methyl sites for hydroxylation is 2. The van der Waals surface area contributed by atoms with Gasteiger partial charge in [-0.15, -0.1) is 0 Å². The van der Waals surface area contributed by atoms with Crippen molar-refractivity contribution in [1.29, 1.82) is 0 Å². The van der Waals surface area contributed by atoms with Crippen molar-refractivity contribution in [2.24, 2.45) is 0 Å². The standard InChI is InChI=1S/C28H29NO.C27H27NO2.2CO2.CH4O/c1-19-16-24-17-23(20(2)30)14-15-27(24)29(19)18-21-10-12-22(13-11-21)25-8-6-7-9-26(25)28(3,4)5;1-18-15-22-16-21(26(29)30)13-14-25(22)28(18)17-19-9-11-20(12-10-19)23-7-5-6-8-24(23)27(2,3)4;2*2-1-3;1-2/h6-17H,18H2,1-5H3;5-16H,17H2,1-4H3,(H,29,30);;;2H,1H3. The Kier molecular flexibility index (Phi) is 18.4. The minimum Gasteiger partial charge on any atom is -0.478 e. The number of carbonyl (C=O) groups is 2. The van der Waals surface area contributed by atoms with Crippen LogP contribution >= 0.6 is 0 Å². The Balaban J connectivity index is 0.000000258. The lowest BCUT2D eigenvalue weighted by Crippen LogP contribution is -2.12. The summed E-state index contributed by atoms with van der Waals surface area (Å²) < 4.78 is 4.55. The van der Waals surface area contributed by atoms with Crippen molar-refractivity contribution >= 4 is 45.9 Å². The van der Waals surface area contributed by atoms with Crippen LogP contribution in [-0.2, 0) is 43.1 Å². The van der Waals surface area contributed by atoms with Crippen LogP contribution in [0.3, 0.4) is 0 Å². The number of aliphatic hydroxyl groups excluding tert-OH is 1. The van der Waals surface area contributed by atoms with Crippen LogP contribution in [0.2, 0.25) is 0 Å². The Labute approximate surface area is 398 Å². The molecule has 0 saturated heterocycles. The first-order chi connectivity index (χ1) is 32.3. The van der Waals surface area contributed by atoms with Crippen LogP contribution in [-0.4, -0.2) is 50.5 Å². The molecule has 2 heterocycles. The lowest BCUT2D eigenvalue weighted by molar-refractivity contribution is -0.193. The van der Waals surface area contributed by atoms with E-state index in [2.05, 4.69) is 180 Å². The normalized spacial score (nSPS) is 10.7. The maximum absolute atomic E-state index is 11.7. The topological polar surface area (TPSA) is 153 Å². The van der Waals surface area contributed by atoms with Gasteiger partial charge in [-0.3, -0.25) is 4.79 Å². The second-order valence-corrected chi connectivity index (χ2v) is 18.3. The Morgan fingerprint density at radius 1 is 0.500 bits per heavy atom. The molecular formula is C58H60N2O8. The molecule has 0 spiro atoms. The number of nitrogens with zero attached hydrogens (tertiary/aromatic N) is 2. The number of carboxylic acids is 1. The van der Waals surface area contributed by atoms with E-state index in [9.17, 15) is 14.7 Å². The summed E-state index contributed by atoms with van der Waals surface area (Å²) in [6, 6.07) is 50.5. The summed E-state index contributed by atoms with van der Waals surface area (Å²) in [5.41, 5.74) is 16.1. The van der Waals surface area contributed by atoms with Crippen LogP contribution in [0, 0.1) is 13.8 Å². The largest absolute Gasteiger partial charge is 0.478 e. The van der Waals surface area contributed by atoms with Gasteiger partial charge in [-0.05, 0) is 125 Å². The molecule has 0 aliphatic rings. The lowest BCUT2D eigenvalue weighted by atomic mass is 9.82. The van der Waals surface area contributed by atoms with Gasteiger partial charge >= 0.3 is 18.3 Å². The molecule has 2 N–H and O–H groups in total. The van der Waals surface area contributed by atoms with Crippen molar-refractivity contribution in [1.82, 2.24) is 9.13 Å². The van der Waals surface area contributed by atoms with Gasteiger partial charge in [-0.1, -0.05) is 139 Å². The number of aromatic carboxylic acids is 1. The third-order valence-corrected chi connectivity index (χ3v) is 11.6. The number of aromatic nitrogens is 2. The summed E-state index contributed by atoms with van der Waals surface area (Å²) in [6.07, 6.45) is 0.500. The van der Waals surface area contributed by atoms with E-state index in [0.717, 1.165) is 47.7 Å². The zero-order chi connectivity index (χ0) is 50.3.